The molecule has 0 aliphatic rings. The monoisotopic (exact) mass is 307 g/mol. The van der Waals surface area contributed by atoms with Crippen molar-refractivity contribution in [2.45, 2.75) is 13.0 Å². The van der Waals surface area contributed by atoms with E-state index < -0.39 is 5.82 Å². The number of nitrogens with zero attached hydrogens (tertiary/aromatic N) is 1. The molecule has 0 spiro atoms. The minimum absolute atomic E-state index is 0.0499. The number of halogens is 3. The second-order valence-corrected chi connectivity index (χ2v) is 4.68. The highest BCUT2D eigenvalue weighted by atomic mass is 79.9. The number of alkyl halides is 1. The minimum Gasteiger partial charge on any atom is -0.338 e. The molecule has 0 saturated heterocycles. The van der Waals surface area contributed by atoms with Gasteiger partial charge in [0.2, 0.25) is 0 Å². The fourth-order valence-corrected chi connectivity index (χ4v) is 1.74. The van der Waals surface area contributed by atoms with E-state index in [1.165, 1.54) is 11.0 Å². The van der Waals surface area contributed by atoms with Crippen LogP contribution in [0.2, 0.25) is 0 Å². The average Bonchev–Trinajstić information content (AvgIpc) is 2.29. The number of carbonyl (C=O) groups excluding carboxylic acids is 1. The van der Waals surface area contributed by atoms with Crippen molar-refractivity contribution in [2.75, 3.05) is 12.9 Å². The third kappa shape index (κ3) is 2.74. The van der Waals surface area contributed by atoms with Crippen molar-refractivity contribution < 1.29 is 9.18 Å². The van der Waals surface area contributed by atoms with Gasteiger partial charge in [0.1, 0.15) is 5.82 Å². The van der Waals surface area contributed by atoms with Crippen LogP contribution in [-0.4, -0.2) is 29.8 Å². The molecule has 0 radical (unpaired) electrons. The summed E-state index contributed by atoms with van der Waals surface area (Å²) in [6.07, 6.45) is 0. The van der Waals surface area contributed by atoms with Gasteiger partial charge in [-0.3, -0.25) is 4.79 Å². The molecule has 1 atom stereocenters. The molecular formula is C11H12BrClFNO. The van der Waals surface area contributed by atoms with E-state index in [-0.39, 0.29) is 22.0 Å². The molecule has 5 heteroatoms. The summed E-state index contributed by atoms with van der Waals surface area (Å²) in [7, 11) is 1.61. The molecule has 16 heavy (non-hydrogen) atoms. The summed E-state index contributed by atoms with van der Waals surface area (Å²) in [5.41, 5.74) is 0.0499. The van der Waals surface area contributed by atoms with Crippen LogP contribution in [0.5, 0.6) is 0 Å². The highest BCUT2D eigenvalue weighted by Gasteiger charge is 2.20. The average molecular weight is 309 g/mol. The predicted octanol–water partition coefficient (Wildman–Crippen LogP) is 3.29. The van der Waals surface area contributed by atoms with Crippen LogP contribution in [0.15, 0.2) is 22.7 Å². The Labute approximate surface area is 108 Å². The van der Waals surface area contributed by atoms with Gasteiger partial charge in [-0.25, -0.2) is 4.39 Å². The van der Waals surface area contributed by atoms with Crippen LogP contribution in [0.25, 0.3) is 0 Å². The fourth-order valence-electron chi connectivity index (χ4n) is 1.16. The first kappa shape index (κ1) is 13.5. The molecule has 0 bridgehead atoms. The number of benzene rings is 1. The quantitative estimate of drug-likeness (QED) is 0.785. The van der Waals surface area contributed by atoms with E-state index in [2.05, 4.69) is 15.9 Å². The van der Waals surface area contributed by atoms with Gasteiger partial charge in [0.25, 0.3) is 5.91 Å². The molecule has 1 rings (SSSR count). The zero-order valence-corrected chi connectivity index (χ0v) is 11.3. The molecular weight excluding hydrogens is 296 g/mol. The van der Waals surface area contributed by atoms with E-state index in [1.54, 1.807) is 26.1 Å². The SMILES string of the molecule is CC(CCl)N(C)C(=O)c1cccc(Br)c1F. The van der Waals surface area contributed by atoms with Gasteiger partial charge in [0, 0.05) is 19.0 Å². The van der Waals surface area contributed by atoms with Crippen molar-refractivity contribution in [3.8, 4) is 0 Å². The Balaban J connectivity index is 3.01. The largest absolute Gasteiger partial charge is 0.338 e. The highest BCUT2D eigenvalue weighted by molar-refractivity contribution is 9.10. The van der Waals surface area contributed by atoms with Crippen LogP contribution in [-0.2, 0) is 0 Å². The Bertz CT molecular complexity index is 400. The molecule has 0 N–H and O–H groups in total. The van der Waals surface area contributed by atoms with E-state index in [1.807, 2.05) is 0 Å². The summed E-state index contributed by atoms with van der Waals surface area (Å²) in [5, 5.41) is 0. The molecule has 0 saturated carbocycles. The van der Waals surface area contributed by atoms with Crippen LogP contribution in [0.3, 0.4) is 0 Å². The number of amides is 1. The van der Waals surface area contributed by atoms with Gasteiger partial charge in [0.05, 0.1) is 10.0 Å². The molecule has 0 aromatic heterocycles. The lowest BCUT2D eigenvalue weighted by atomic mass is 10.1. The molecule has 1 aromatic carbocycles. The summed E-state index contributed by atoms with van der Waals surface area (Å²) < 4.78 is 13.9. The first-order chi connectivity index (χ1) is 7.49. The summed E-state index contributed by atoms with van der Waals surface area (Å²) in [6, 6.07) is 4.50. The van der Waals surface area contributed by atoms with E-state index in [9.17, 15) is 9.18 Å². The van der Waals surface area contributed by atoms with Crippen LogP contribution in [0, 0.1) is 5.82 Å². The Kier molecular flexibility index (Phi) is 4.74. The fraction of sp³-hybridized carbons (Fsp3) is 0.364. The van der Waals surface area contributed by atoms with E-state index in [0.717, 1.165) is 0 Å². The van der Waals surface area contributed by atoms with Gasteiger partial charge in [-0.05, 0) is 35.0 Å². The third-order valence-corrected chi connectivity index (χ3v) is 3.45. The van der Waals surface area contributed by atoms with Crippen molar-refractivity contribution in [2.24, 2.45) is 0 Å². The zero-order valence-electron chi connectivity index (χ0n) is 9.01. The highest BCUT2D eigenvalue weighted by Crippen LogP contribution is 2.20. The molecule has 0 heterocycles. The lowest BCUT2D eigenvalue weighted by molar-refractivity contribution is 0.0752. The topological polar surface area (TPSA) is 20.3 Å². The van der Waals surface area contributed by atoms with Crippen molar-refractivity contribution in [3.05, 3.63) is 34.1 Å². The van der Waals surface area contributed by atoms with Gasteiger partial charge in [-0.2, -0.15) is 0 Å². The Morgan fingerprint density at radius 1 is 1.62 bits per heavy atom. The lowest BCUT2D eigenvalue weighted by Gasteiger charge is -2.23. The van der Waals surface area contributed by atoms with Crippen LogP contribution in [0.1, 0.15) is 17.3 Å². The molecule has 2 nitrogen and oxygen atoms in total. The standard InChI is InChI=1S/C11H12BrClFNO/c1-7(6-13)15(2)11(16)8-4-3-5-9(12)10(8)14/h3-5,7H,6H2,1-2H3. The maximum absolute atomic E-state index is 13.7. The Hall–Kier alpha value is -0.610. The summed E-state index contributed by atoms with van der Waals surface area (Å²) in [4.78, 5) is 13.4. The number of hydrogen-bond donors (Lipinski definition) is 0. The molecule has 0 aliphatic heterocycles. The molecule has 1 aromatic rings. The van der Waals surface area contributed by atoms with Crippen LogP contribution in [0.4, 0.5) is 4.39 Å². The summed E-state index contributed by atoms with van der Waals surface area (Å²) >= 11 is 8.70. The van der Waals surface area contributed by atoms with Crippen molar-refractivity contribution in [1.82, 2.24) is 4.90 Å². The predicted molar refractivity (Wildman–Crippen MR) is 66.4 cm³/mol. The van der Waals surface area contributed by atoms with Crippen LogP contribution >= 0.6 is 27.5 Å². The summed E-state index contributed by atoms with van der Waals surface area (Å²) in [5.74, 6) is -0.592. The molecule has 0 fully saturated rings. The second-order valence-electron chi connectivity index (χ2n) is 3.52. The first-order valence-corrected chi connectivity index (χ1v) is 6.09. The first-order valence-electron chi connectivity index (χ1n) is 4.76. The Morgan fingerprint density at radius 3 is 2.81 bits per heavy atom. The van der Waals surface area contributed by atoms with Gasteiger partial charge < -0.3 is 4.90 Å². The normalized spacial score (nSPS) is 12.3. The minimum atomic E-state index is -0.541. The van der Waals surface area contributed by atoms with E-state index in [0.29, 0.717) is 5.88 Å². The maximum atomic E-state index is 13.7. The molecule has 88 valence electrons. The third-order valence-electron chi connectivity index (χ3n) is 2.39. The smallest absolute Gasteiger partial charge is 0.256 e. The number of carbonyl (C=O) groups is 1. The van der Waals surface area contributed by atoms with Crippen LogP contribution < -0.4 is 0 Å². The van der Waals surface area contributed by atoms with Crippen molar-refractivity contribution in [3.63, 3.8) is 0 Å². The molecule has 0 aliphatic carbocycles. The maximum Gasteiger partial charge on any atom is 0.256 e. The summed E-state index contributed by atoms with van der Waals surface area (Å²) in [6.45, 7) is 1.81. The van der Waals surface area contributed by atoms with Crippen molar-refractivity contribution >= 4 is 33.4 Å². The van der Waals surface area contributed by atoms with E-state index in [4.69, 9.17) is 11.6 Å². The van der Waals surface area contributed by atoms with Crippen molar-refractivity contribution in [1.29, 1.82) is 0 Å². The second kappa shape index (κ2) is 5.64. The number of rotatable bonds is 3. The molecule has 1 amide bonds. The number of hydrogen-bond acceptors (Lipinski definition) is 1. The van der Waals surface area contributed by atoms with Gasteiger partial charge in [-0.15, -0.1) is 11.6 Å². The Morgan fingerprint density at radius 2 is 2.25 bits per heavy atom. The van der Waals surface area contributed by atoms with E-state index >= 15 is 0 Å². The lowest BCUT2D eigenvalue weighted by Crippen LogP contribution is -2.36. The van der Waals surface area contributed by atoms with Gasteiger partial charge >= 0.3 is 0 Å². The molecule has 1 unspecified atom stereocenters. The van der Waals surface area contributed by atoms with Gasteiger partial charge in [-0.1, -0.05) is 6.07 Å². The van der Waals surface area contributed by atoms with Gasteiger partial charge in [0.15, 0.2) is 0 Å². The zero-order chi connectivity index (χ0) is 12.3.